The highest BCUT2D eigenvalue weighted by Gasteiger charge is 2.22. The maximum Gasteiger partial charge on any atom is 0.242 e. The third-order valence-corrected chi connectivity index (χ3v) is 5.76. The molecule has 5 nitrogen and oxygen atoms in total. The quantitative estimate of drug-likeness (QED) is 0.698. The number of fused-ring (bicyclic) bond motifs is 1. The summed E-state index contributed by atoms with van der Waals surface area (Å²) in [6, 6.07) is 18.1. The van der Waals surface area contributed by atoms with Crippen LogP contribution in [-0.4, -0.2) is 20.4 Å². The van der Waals surface area contributed by atoms with Crippen molar-refractivity contribution in [3.8, 4) is 0 Å². The molecule has 26 heavy (non-hydrogen) atoms. The van der Waals surface area contributed by atoms with Gasteiger partial charge in [-0.25, -0.2) is 8.42 Å². The fourth-order valence-corrected chi connectivity index (χ4v) is 3.91. The zero-order chi connectivity index (χ0) is 18.7. The lowest BCUT2D eigenvalue weighted by Crippen LogP contribution is -2.41. The highest BCUT2D eigenvalue weighted by molar-refractivity contribution is 7.89. The molecule has 1 atom stereocenters. The molecule has 0 unspecified atom stereocenters. The van der Waals surface area contributed by atoms with Crippen LogP contribution in [0, 0.1) is 0 Å². The number of anilines is 1. The molecular formula is C19H17ClN2O3S. The molecule has 3 rings (SSSR count). The van der Waals surface area contributed by atoms with Crippen molar-refractivity contribution >= 4 is 44.0 Å². The highest BCUT2D eigenvalue weighted by atomic mass is 35.5. The average molecular weight is 389 g/mol. The molecule has 0 heterocycles. The maximum atomic E-state index is 12.6. The maximum absolute atomic E-state index is 12.6. The highest BCUT2D eigenvalue weighted by Crippen LogP contribution is 2.21. The number of benzene rings is 3. The lowest BCUT2D eigenvalue weighted by molar-refractivity contribution is -0.117. The average Bonchev–Trinajstić information content (AvgIpc) is 2.62. The number of amides is 1. The van der Waals surface area contributed by atoms with E-state index in [0.717, 1.165) is 10.8 Å². The molecule has 2 N–H and O–H groups in total. The number of para-hydroxylation sites is 1. The van der Waals surface area contributed by atoms with Gasteiger partial charge in [0.2, 0.25) is 15.9 Å². The van der Waals surface area contributed by atoms with Gasteiger partial charge >= 0.3 is 0 Å². The van der Waals surface area contributed by atoms with Gasteiger partial charge < -0.3 is 5.32 Å². The van der Waals surface area contributed by atoms with Gasteiger partial charge in [0, 0.05) is 0 Å². The normalized spacial score (nSPS) is 12.7. The van der Waals surface area contributed by atoms with Crippen LogP contribution in [0.4, 0.5) is 5.69 Å². The van der Waals surface area contributed by atoms with Gasteiger partial charge in [0.05, 0.1) is 21.6 Å². The van der Waals surface area contributed by atoms with Crippen molar-refractivity contribution in [1.82, 2.24) is 4.72 Å². The molecular weight excluding hydrogens is 372 g/mol. The van der Waals surface area contributed by atoms with Gasteiger partial charge in [0.15, 0.2) is 0 Å². The van der Waals surface area contributed by atoms with Crippen LogP contribution in [0.1, 0.15) is 6.92 Å². The minimum atomic E-state index is -3.84. The molecule has 0 radical (unpaired) electrons. The summed E-state index contributed by atoms with van der Waals surface area (Å²) in [5.74, 6) is -0.498. The van der Waals surface area contributed by atoms with Crippen molar-refractivity contribution in [2.24, 2.45) is 0 Å². The molecule has 134 valence electrons. The smallest absolute Gasteiger partial charge is 0.242 e. The van der Waals surface area contributed by atoms with E-state index >= 15 is 0 Å². The first-order valence-corrected chi connectivity index (χ1v) is 9.79. The molecule has 0 aromatic heterocycles. The van der Waals surface area contributed by atoms with Crippen LogP contribution in [0.15, 0.2) is 71.6 Å². The molecule has 1 amide bonds. The predicted octanol–water partition coefficient (Wildman–Crippen LogP) is 3.80. The Morgan fingerprint density at radius 1 is 0.962 bits per heavy atom. The second-order valence-corrected chi connectivity index (χ2v) is 7.94. The van der Waals surface area contributed by atoms with E-state index in [-0.39, 0.29) is 4.90 Å². The number of sulfonamides is 1. The summed E-state index contributed by atoms with van der Waals surface area (Å²) in [4.78, 5) is 12.4. The van der Waals surface area contributed by atoms with E-state index < -0.39 is 22.0 Å². The first-order valence-electron chi connectivity index (χ1n) is 7.93. The molecule has 0 aliphatic rings. The number of carbonyl (C=O) groups excluding carboxylic acids is 1. The van der Waals surface area contributed by atoms with Crippen molar-refractivity contribution in [3.05, 3.63) is 71.8 Å². The third-order valence-electron chi connectivity index (χ3n) is 3.89. The van der Waals surface area contributed by atoms with Crippen LogP contribution in [0.5, 0.6) is 0 Å². The summed E-state index contributed by atoms with van der Waals surface area (Å²) in [6.45, 7) is 1.48. The van der Waals surface area contributed by atoms with E-state index in [2.05, 4.69) is 10.0 Å². The van der Waals surface area contributed by atoms with E-state index in [1.165, 1.54) is 13.0 Å². The minimum Gasteiger partial charge on any atom is -0.323 e. The number of hydrogen-bond donors (Lipinski definition) is 2. The zero-order valence-corrected chi connectivity index (χ0v) is 15.5. The van der Waals surface area contributed by atoms with Gasteiger partial charge in [-0.2, -0.15) is 4.72 Å². The fraction of sp³-hybridized carbons (Fsp3) is 0.105. The van der Waals surface area contributed by atoms with Crippen molar-refractivity contribution in [2.75, 3.05) is 5.32 Å². The first kappa shape index (κ1) is 18.4. The van der Waals surface area contributed by atoms with Crippen molar-refractivity contribution < 1.29 is 13.2 Å². The number of hydrogen-bond acceptors (Lipinski definition) is 3. The summed E-state index contributed by atoms with van der Waals surface area (Å²) in [7, 11) is -3.84. The fourth-order valence-electron chi connectivity index (χ4n) is 2.49. The van der Waals surface area contributed by atoms with Gasteiger partial charge in [-0.3, -0.25) is 4.79 Å². The van der Waals surface area contributed by atoms with E-state index in [0.29, 0.717) is 10.7 Å². The van der Waals surface area contributed by atoms with Crippen LogP contribution in [0.25, 0.3) is 10.8 Å². The molecule has 0 aliphatic carbocycles. The summed E-state index contributed by atoms with van der Waals surface area (Å²) in [5, 5.41) is 4.75. The lowest BCUT2D eigenvalue weighted by atomic mass is 10.1. The molecule has 0 aliphatic heterocycles. The summed E-state index contributed by atoms with van der Waals surface area (Å²) < 4.78 is 27.6. The molecule has 0 saturated heterocycles. The van der Waals surface area contributed by atoms with Gasteiger partial charge in [0.1, 0.15) is 0 Å². The number of halogens is 1. The summed E-state index contributed by atoms with van der Waals surface area (Å²) >= 11 is 6.00. The first-order chi connectivity index (χ1) is 12.4. The Bertz CT molecular complexity index is 1070. The Hall–Kier alpha value is -2.41. The Kier molecular flexibility index (Phi) is 5.27. The third kappa shape index (κ3) is 4.04. The largest absolute Gasteiger partial charge is 0.323 e. The Labute approximate surface area is 157 Å². The van der Waals surface area contributed by atoms with Crippen LogP contribution >= 0.6 is 11.6 Å². The van der Waals surface area contributed by atoms with Gasteiger partial charge in [0.25, 0.3) is 0 Å². The second kappa shape index (κ2) is 7.45. The molecule has 7 heteroatoms. The second-order valence-electron chi connectivity index (χ2n) is 5.82. The SMILES string of the molecule is C[C@@H](NS(=O)(=O)c1ccc2ccccc2c1)C(=O)Nc1ccccc1Cl. The van der Waals surface area contributed by atoms with E-state index in [4.69, 9.17) is 11.6 Å². The van der Waals surface area contributed by atoms with Gasteiger partial charge in [-0.05, 0) is 42.0 Å². The molecule has 0 spiro atoms. The predicted molar refractivity (Wildman–Crippen MR) is 104 cm³/mol. The van der Waals surface area contributed by atoms with Gasteiger partial charge in [-0.15, -0.1) is 0 Å². The molecule has 0 saturated carbocycles. The van der Waals surface area contributed by atoms with Crippen molar-refractivity contribution in [1.29, 1.82) is 0 Å². The Morgan fingerprint density at radius 3 is 2.35 bits per heavy atom. The van der Waals surface area contributed by atoms with Crippen LogP contribution in [0.2, 0.25) is 5.02 Å². The van der Waals surface area contributed by atoms with Crippen molar-refractivity contribution in [3.63, 3.8) is 0 Å². The van der Waals surface area contributed by atoms with E-state index in [1.807, 2.05) is 24.3 Å². The molecule has 3 aromatic rings. The molecule has 0 fully saturated rings. The number of nitrogens with one attached hydrogen (secondary N) is 2. The van der Waals surface area contributed by atoms with Crippen molar-refractivity contribution in [2.45, 2.75) is 17.9 Å². The Morgan fingerprint density at radius 2 is 1.62 bits per heavy atom. The zero-order valence-electron chi connectivity index (χ0n) is 13.9. The van der Waals surface area contributed by atoms with E-state index in [1.54, 1.807) is 36.4 Å². The summed E-state index contributed by atoms with van der Waals surface area (Å²) in [6.07, 6.45) is 0. The Balaban J connectivity index is 1.77. The minimum absolute atomic E-state index is 0.105. The van der Waals surface area contributed by atoms with Gasteiger partial charge in [-0.1, -0.05) is 54.1 Å². The number of rotatable bonds is 5. The van der Waals surface area contributed by atoms with Crippen LogP contribution in [0.3, 0.4) is 0 Å². The van der Waals surface area contributed by atoms with E-state index in [9.17, 15) is 13.2 Å². The van der Waals surface area contributed by atoms with Crippen LogP contribution < -0.4 is 10.0 Å². The standard InChI is InChI=1S/C19H17ClN2O3S/c1-13(19(23)21-18-9-5-4-8-17(18)20)22-26(24,25)16-11-10-14-6-2-3-7-15(14)12-16/h2-13,22H,1H3,(H,21,23)/t13-/m1/s1. The van der Waals surface area contributed by atoms with Crippen LogP contribution in [-0.2, 0) is 14.8 Å². The number of carbonyl (C=O) groups is 1. The molecule has 3 aromatic carbocycles. The summed E-state index contributed by atoms with van der Waals surface area (Å²) in [5.41, 5.74) is 0.427. The lowest BCUT2D eigenvalue weighted by Gasteiger charge is -2.15. The molecule has 0 bridgehead atoms. The topological polar surface area (TPSA) is 75.3 Å². The monoisotopic (exact) mass is 388 g/mol.